The van der Waals surface area contributed by atoms with E-state index in [1.807, 2.05) is 61.5 Å². The fourth-order valence-corrected chi connectivity index (χ4v) is 2.56. The zero-order chi connectivity index (χ0) is 14.2. The lowest BCUT2D eigenvalue weighted by molar-refractivity contribution is 0.604. The second-order valence-corrected chi connectivity index (χ2v) is 5.56. The SMILES string of the molecule is CC(N)(c1cccc(Cl)c1)c1ccc2cccnc2c1. The molecule has 0 aliphatic carbocycles. The highest BCUT2D eigenvalue weighted by Crippen LogP contribution is 2.29. The molecular formula is C17H15ClN2. The van der Waals surface area contributed by atoms with Gasteiger partial charge in [0.05, 0.1) is 11.1 Å². The van der Waals surface area contributed by atoms with Gasteiger partial charge in [0.15, 0.2) is 0 Å². The molecule has 1 unspecified atom stereocenters. The molecule has 0 radical (unpaired) electrons. The minimum Gasteiger partial charge on any atom is -0.318 e. The Labute approximate surface area is 123 Å². The third kappa shape index (κ3) is 2.28. The Morgan fingerprint density at radius 2 is 1.80 bits per heavy atom. The van der Waals surface area contributed by atoms with Crippen molar-refractivity contribution < 1.29 is 0 Å². The molecule has 3 rings (SSSR count). The standard InChI is InChI=1S/C17H15ClN2/c1-17(19,13-5-2-6-15(18)10-13)14-8-7-12-4-3-9-20-16(12)11-14/h2-11H,19H2,1H3. The molecule has 0 spiro atoms. The Morgan fingerprint density at radius 3 is 2.60 bits per heavy atom. The molecule has 1 atom stereocenters. The predicted molar refractivity (Wildman–Crippen MR) is 83.8 cm³/mol. The Bertz CT molecular complexity index is 766. The van der Waals surface area contributed by atoms with E-state index in [9.17, 15) is 0 Å². The van der Waals surface area contributed by atoms with Crippen LogP contribution in [0.1, 0.15) is 18.1 Å². The predicted octanol–water partition coefficient (Wildman–Crippen LogP) is 4.11. The molecule has 3 heteroatoms. The number of fused-ring (bicyclic) bond motifs is 1. The molecule has 0 saturated carbocycles. The first-order chi connectivity index (χ1) is 9.57. The topological polar surface area (TPSA) is 38.9 Å². The number of hydrogen-bond acceptors (Lipinski definition) is 2. The number of pyridine rings is 1. The zero-order valence-corrected chi connectivity index (χ0v) is 11.9. The Morgan fingerprint density at radius 1 is 1.00 bits per heavy atom. The molecule has 20 heavy (non-hydrogen) atoms. The van der Waals surface area contributed by atoms with Crippen molar-refractivity contribution in [2.45, 2.75) is 12.5 Å². The number of hydrogen-bond donors (Lipinski definition) is 1. The maximum absolute atomic E-state index is 6.53. The van der Waals surface area contributed by atoms with Crippen molar-refractivity contribution in [2.24, 2.45) is 5.73 Å². The van der Waals surface area contributed by atoms with Gasteiger partial charge >= 0.3 is 0 Å². The molecule has 2 aromatic carbocycles. The highest BCUT2D eigenvalue weighted by atomic mass is 35.5. The van der Waals surface area contributed by atoms with E-state index in [-0.39, 0.29) is 0 Å². The number of nitrogens with zero attached hydrogens (tertiary/aromatic N) is 1. The molecule has 2 N–H and O–H groups in total. The quantitative estimate of drug-likeness (QED) is 0.768. The summed E-state index contributed by atoms with van der Waals surface area (Å²) in [6.45, 7) is 1.99. The van der Waals surface area contributed by atoms with Gasteiger partial charge in [-0.25, -0.2) is 0 Å². The van der Waals surface area contributed by atoms with Crippen LogP contribution in [0.15, 0.2) is 60.8 Å². The number of rotatable bonds is 2. The highest BCUT2D eigenvalue weighted by Gasteiger charge is 2.24. The summed E-state index contributed by atoms with van der Waals surface area (Å²) in [6, 6.07) is 17.8. The van der Waals surface area contributed by atoms with Crippen LogP contribution in [-0.4, -0.2) is 4.98 Å². The van der Waals surface area contributed by atoms with Gasteiger partial charge in [-0.3, -0.25) is 4.98 Å². The largest absolute Gasteiger partial charge is 0.318 e. The lowest BCUT2D eigenvalue weighted by atomic mass is 9.85. The highest BCUT2D eigenvalue weighted by molar-refractivity contribution is 6.30. The van der Waals surface area contributed by atoms with Crippen LogP contribution >= 0.6 is 11.6 Å². The van der Waals surface area contributed by atoms with Crippen LogP contribution in [0.3, 0.4) is 0 Å². The van der Waals surface area contributed by atoms with Gasteiger partial charge in [0.25, 0.3) is 0 Å². The molecule has 3 aromatic rings. The summed E-state index contributed by atoms with van der Waals surface area (Å²) in [4.78, 5) is 4.38. The van der Waals surface area contributed by atoms with Gasteiger partial charge in [0, 0.05) is 16.6 Å². The Kier molecular flexibility index (Phi) is 3.20. The van der Waals surface area contributed by atoms with E-state index in [2.05, 4.69) is 4.98 Å². The summed E-state index contributed by atoms with van der Waals surface area (Å²) in [5, 5.41) is 1.80. The first-order valence-corrected chi connectivity index (χ1v) is 6.85. The summed E-state index contributed by atoms with van der Waals surface area (Å²) < 4.78 is 0. The molecule has 0 bridgehead atoms. The molecule has 0 fully saturated rings. The summed E-state index contributed by atoms with van der Waals surface area (Å²) in [6.07, 6.45) is 1.79. The van der Waals surface area contributed by atoms with Gasteiger partial charge < -0.3 is 5.73 Å². The van der Waals surface area contributed by atoms with Gasteiger partial charge in [-0.1, -0.05) is 41.9 Å². The van der Waals surface area contributed by atoms with Crippen molar-refractivity contribution in [3.8, 4) is 0 Å². The monoisotopic (exact) mass is 282 g/mol. The van der Waals surface area contributed by atoms with E-state index in [1.54, 1.807) is 6.20 Å². The average molecular weight is 283 g/mol. The van der Waals surface area contributed by atoms with E-state index in [0.29, 0.717) is 5.02 Å². The summed E-state index contributed by atoms with van der Waals surface area (Å²) in [5.74, 6) is 0. The fourth-order valence-electron chi connectivity index (χ4n) is 2.37. The molecule has 1 heterocycles. The van der Waals surface area contributed by atoms with Gasteiger partial charge in [-0.15, -0.1) is 0 Å². The van der Waals surface area contributed by atoms with E-state index in [4.69, 9.17) is 17.3 Å². The first-order valence-electron chi connectivity index (χ1n) is 6.47. The Hall–Kier alpha value is -1.90. The van der Waals surface area contributed by atoms with Gasteiger partial charge in [-0.2, -0.15) is 0 Å². The second kappa shape index (κ2) is 4.89. The van der Waals surface area contributed by atoms with Crippen molar-refractivity contribution in [3.05, 3.63) is 76.9 Å². The van der Waals surface area contributed by atoms with Gasteiger partial charge in [0.1, 0.15) is 0 Å². The van der Waals surface area contributed by atoms with Crippen molar-refractivity contribution in [2.75, 3.05) is 0 Å². The number of aromatic nitrogens is 1. The molecular weight excluding hydrogens is 268 g/mol. The maximum atomic E-state index is 6.53. The molecule has 1 aromatic heterocycles. The van der Waals surface area contributed by atoms with E-state index in [0.717, 1.165) is 22.0 Å². The maximum Gasteiger partial charge on any atom is 0.0705 e. The minimum absolute atomic E-state index is 0.601. The molecule has 0 saturated heterocycles. The minimum atomic E-state index is -0.601. The van der Waals surface area contributed by atoms with Crippen LogP contribution < -0.4 is 5.73 Å². The molecule has 0 amide bonds. The van der Waals surface area contributed by atoms with Crippen LogP contribution in [0, 0.1) is 0 Å². The number of benzene rings is 2. The van der Waals surface area contributed by atoms with Crippen molar-refractivity contribution >= 4 is 22.5 Å². The lowest BCUT2D eigenvalue weighted by Crippen LogP contribution is -2.34. The lowest BCUT2D eigenvalue weighted by Gasteiger charge is -2.26. The van der Waals surface area contributed by atoms with Crippen LogP contribution in [0.25, 0.3) is 10.9 Å². The number of nitrogens with two attached hydrogens (primary N) is 1. The Balaban J connectivity index is 2.13. The number of halogens is 1. The second-order valence-electron chi connectivity index (χ2n) is 5.12. The molecule has 0 aliphatic rings. The third-order valence-electron chi connectivity index (χ3n) is 3.63. The van der Waals surface area contributed by atoms with Crippen LogP contribution in [0.5, 0.6) is 0 Å². The van der Waals surface area contributed by atoms with Crippen molar-refractivity contribution in [1.82, 2.24) is 4.98 Å². The van der Waals surface area contributed by atoms with E-state index < -0.39 is 5.54 Å². The van der Waals surface area contributed by atoms with Crippen LogP contribution in [0.2, 0.25) is 5.02 Å². The fraction of sp³-hybridized carbons (Fsp3) is 0.118. The third-order valence-corrected chi connectivity index (χ3v) is 3.86. The van der Waals surface area contributed by atoms with Crippen molar-refractivity contribution in [3.63, 3.8) is 0 Å². The summed E-state index contributed by atoms with van der Waals surface area (Å²) in [5.41, 5.74) is 8.89. The van der Waals surface area contributed by atoms with Crippen molar-refractivity contribution in [1.29, 1.82) is 0 Å². The average Bonchev–Trinajstić information content (AvgIpc) is 2.46. The molecule has 0 aliphatic heterocycles. The van der Waals surface area contributed by atoms with E-state index >= 15 is 0 Å². The molecule has 2 nitrogen and oxygen atoms in total. The zero-order valence-electron chi connectivity index (χ0n) is 11.2. The summed E-state index contributed by atoms with van der Waals surface area (Å²) in [7, 11) is 0. The van der Waals surface area contributed by atoms with Crippen LogP contribution in [0.4, 0.5) is 0 Å². The smallest absolute Gasteiger partial charge is 0.0705 e. The van der Waals surface area contributed by atoms with E-state index in [1.165, 1.54) is 0 Å². The van der Waals surface area contributed by atoms with Crippen LogP contribution in [-0.2, 0) is 5.54 Å². The summed E-state index contributed by atoms with van der Waals surface area (Å²) >= 11 is 6.07. The van der Waals surface area contributed by atoms with Gasteiger partial charge in [0.2, 0.25) is 0 Å². The molecule has 100 valence electrons. The first kappa shape index (κ1) is 13.1. The van der Waals surface area contributed by atoms with Gasteiger partial charge in [-0.05, 0) is 42.3 Å². The normalized spacial score (nSPS) is 14.2.